The minimum absolute atomic E-state index is 0.294. The van der Waals surface area contributed by atoms with E-state index in [9.17, 15) is 4.79 Å². The van der Waals surface area contributed by atoms with Crippen LogP contribution in [0.15, 0.2) is 0 Å². The fraction of sp³-hybridized carbons (Fsp3) is 0.933. The summed E-state index contributed by atoms with van der Waals surface area (Å²) in [4.78, 5) is 15.8. The maximum atomic E-state index is 10.8. The Kier molecular flexibility index (Phi) is 5.22. The number of hydrogen-bond acceptors (Lipinski definition) is 3. The second-order valence-corrected chi connectivity index (χ2v) is 6.54. The first-order chi connectivity index (χ1) is 9.06. The molecule has 2 rings (SSSR count). The van der Waals surface area contributed by atoms with Gasteiger partial charge in [-0.2, -0.15) is 0 Å². The van der Waals surface area contributed by atoms with Crippen molar-refractivity contribution in [2.24, 2.45) is 5.92 Å². The molecule has 0 atom stereocenters. The normalized spacial score (nSPS) is 22.3. The van der Waals surface area contributed by atoms with Crippen LogP contribution in [0.2, 0.25) is 0 Å². The van der Waals surface area contributed by atoms with Crippen LogP contribution in [-0.2, 0) is 4.79 Å². The van der Waals surface area contributed by atoms with E-state index < -0.39 is 5.97 Å². The summed E-state index contributed by atoms with van der Waals surface area (Å²) < 4.78 is 0. The molecule has 110 valence electrons. The molecule has 19 heavy (non-hydrogen) atoms. The van der Waals surface area contributed by atoms with Gasteiger partial charge in [-0.25, -0.2) is 0 Å². The minimum Gasteiger partial charge on any atom is -0.481 e. The molecule has 1 aliphatic carbocycles. The molecule has 0 unspecified atom stereocenters. The largest absolute Gasteiger partial charge is 0.481 e. The van der Waals surface area contributed by atoms with Crippen molar-refractivity contribution in [3.8, 4) is 0 Å². The smallest absolute Gasteiger partial charge is 0.304 e. The number of aliphatic carboxylic acids is 1. The molecule has 1 saturated heterocycles. The fourth-order valence-corrected chi connectivity index (χ4v) is 3.24. The number of piperidine rings is 1. The Morgan fingerprint density at radius 1 is 1.21 bits per heavy atom. The topological polar surface area (TPSA) is 43.8 Å². The molecule has 0 amide bonds. The zero-order valence-electron chi connectivity index (χ0n) is 12.3. The van der Waals surface area contributed by atoms with E-state index in [-0.39, 0.29) is 0 Å². The van der Waals surface area contributed by atoms with E-state index in [1.54, 1.807) is 0 Å². The number of carbonyl (C=O) groups is 1. The van der Waals surface area contributed by atoms with Gasteiger partial charge in [0.2, 0.25) is 0 Å². The molecule has 0 radical (unpaired) electrons. The van der Waals surface area contributed by atoms with E-state index in [1.807, 2.05) is 0 Å². The molecule has 4 heteroatoms. The van der Waals surface area contributed by atoms with Crippen LogP contribution >= 0.6 is 0 Å². The van der Waals surface area contributed by atoms with Crippen LogP contribution < -0.4 is 0 Å². The van der Waals surface area contributed by atoms with Crippen molar-refractivity contribution >= 4 is 5.97 Å². The monoisotopic (exact) mass is 268 g/mol. The number of carboxylic acid groups (broad SMARTS) is 1. The number of rotatable bonds is 7. The van der Waals surface area contributed by atoms with Gasteiger partial charge in [0.15, 0.2) is 0 Å². The summed E-state index contributed by atoms with van der Waals surface area (Å²) >= 11 is 0. The Morgan fingerprint density at radius 3 is 2.26 bits per heavy atom. The molecule has 0 spiro atoms. The number of hydrogen-bond donors (Lipinski definition) is 1. The number of carboxylic acids is 1. The van der Waals surface area contributed by atoms with Crippen LogP contribution in [-0.4, -0.2) is 59.1 Å². The molecule has 0 aromatic heterocycles. The summed E-state index contributed by atoms with van der Waals surface area (Å²) in [5, 5.41) is 8.87. The lowest BCUT2D eigenvalue weighted by Crippen LogP contribution is -2.47. The van der Waals surface area contributed by atoms with Gasteiger partial charge in [-0.15, -0.1) is 0 Å². The average molecular weight is 268 g/mol. The van der Waals surface area contributed by atoms with E-state index >= 15 is 0 Å². The molecule has 1 saturated carbocycles. The molecule has 2 fully saturated rings. The van der Waals surface area contributed by atoms with Crippen LogP contribution in [0.1, 0.15) is 46.0 Å². The molecule has 0 aromatic carbocycles. The lowest BCUT2D eigenvalue weighted by molar-refractivity contribution is -0.137. The standard InChI is InChI=1S/C15H28N2O2/c1-12(2)11-16-8-5-14(6-9-16)17(13-3-4-13)10-7-15(18)19/h12-14H,3-11H2,1-2H3,(H,18,19). The fourth-order valence-electron chi connectivity index (χ4n) is 3.24. The van der Waals surface area contributed by atoms with Crippen LogP contribution in [0, 0.1) is 5.92 Å². The Hall–Kier alpha value is -0.610. The SMILES string of the molecule is CC(C)CN1CCC(N(CCC(=O)O)C2CC2)CC1. The third-order valence-corrected chi connectivity index (χ3v) is 4.25. The molecule has 1 heterocycles. The molecular formula is C15H28N2O2. The Labute approximate surface area is 116 Å². The van der Waals surface area contributed by atoms with Crippen molar-refractivity contribution in [1.82, 2.24) is 9.80 Å². The summed E-state index contributed by atoms with van der Waals surface area (Å²) in [5.74, 6) is 0.0750. The van der Waals surface area contributed by atoms with E-state index in [0.717, 1.165) is 12.5 Å². The van der Waals surface area contributed by atoms with E-state index in [2.05, 4.69) is 23.6 Å². The van der Waals surface area contributed by atoms with Gasteiger partial charge in [0.05, 0.1) is 6.42 Å². The third kappa shape index (κ3) is 4.77. The summed E-state index contributed by atoms with van der Waals surface area (Å²) in [6.07, 6.45) is 5.26. The summed E-state index contributed by atoms with van der Waals surface area (Å²) in [7, 11) is 0. The highest BCUT2D eigenvalue weighted by Crippen LogP contribution is 2.32. The lowest BCUT2D eigenvalue weighted by atomic mass is 10.0. The van der Waals surface area contributed by atoms with E-state index in [1.165, 1.54) is 45.3 Å². The average Bonchev–Trinajstić information content (AvgIpc) is 3.15. The Balaban J connectivity index is 1.78. The molecular weight excluding hydrogens is 240 g/mol. The molecule has 0 bridgehead atoms. The van der Waals surface area contributed by atoms with Crippen molar-refractivity contribution in [2.75, 3.05) is 26.2 Å². The van der Waals surface area contributed by atoms with Crippen molar-refractivity contribution in [3.05, 3.63) is 0 Å². The maximum Gasteiger partial charge on any atom is 0.304 e. The van der Waals surface area contributed by atoms with Gasteiger partial charge in [-0.1, -0.05) is 13.8 Å². The predicted molar refractivity (Wildman–Crippen MR) is 76.3 cm³/mol. The molecule has 0 aromatic rings. The van der Waals surface area contributed by atoms with Gasteiger partial charge in [-0.3, -0.25) is 9.69 Å². The minimum atomic E-state index is -0.664. The van der Waals surface area contributed by atoms with Crippen molar-refractivity contribution in [1.29, 1.82) is 0 Å². The zero-order chi connectivity index (χ0) is 13.8. The molecule has 4 nitrogen and oxygen atoms in total. The molecule has 1 N–H and O–H groups in total. The number of nitrogens with zero attached hydrogens (tertiary/aromatic N) is 2. The van der Waals surface area contributed by atoms with Crippen molar-refractivity contribution in [2.45, 2.75) is 58.0 Å². The summed E-state index contributed by atoms with van der Waals surface area (Å²) in [6.45, 7) is 8.85. The Morgan fingerprint density at radius 2 is 1.79 bits per heavy atom. The first-order valence-corrected chi connectivity index (χ1v) is 7.76. The zero-order valence-corrected chi connectivity index (χ0v) is 12.3. The second kappa shape index (κ2) is 6.71. The van der Waals surface area contributed by atoms with Crippen LogP contribution in [0.3, 0.4) is 0 Å². The van der Waals surface area contributed by atoms with E-state index in [4.69, 9.17) is 5.11 Å². The second-order valence-electron chi connectivity index (χ2n) is 6.54. The predicted octanol–water partition coefficient (Wildman–Crippen LogP) is 2.05. The van der Waals surface area contributed by atoms with Crippen LogP contribution in [0.4, 0.5) is 0 Å². The number of likely N-dealkylation sites (tertiary alicyclic amines) is 1. The highest BCUT2D eigenvalue weighted by atomic mass is 16.4. The van der Waals surface area contributed by atoms with Gasteiger partial charge in [0.1, 0.15) is 0 Å². The quantitative estimate of drug-likeness (QED) is 0.767. The van der Waals surface area contributed by atoms with Gasteiger partial charge in [-0.05, 0) is 44.7 Å². The summed E-state index contributed by atoms with van der Waals surface area (Å²) in [6, 6.07) is 1.30. The maximum absolute atomic E-state index is 10.8. The van der Waals surface area contributed by atoms with Gasteiger partial charge < -0.3 is 10.0 Å². The first-order valence-electron chi connectivity index (χ1n) is 7.76. The summed E-state index contributed by atoms with van der Waals surface area (Å²) in [5.41, 5.74) is 0. The Bertz CT molecular complexity index is 295. The van der Waals surface area contributed by atoms with Crippen molar-refractivity contribution < 1.29 is 9.90 Å². The first kappa shape index (κ1) is 14.8. The van der Waals surface area contributed by atoms with Gasteiger partial charge in [0, 0.05) is 25.2 Å². The third-order valence-electron chi connectivity index (χ3n) is 4.25. The van der Waals surface area contributed by atoms with Gasteiger partial charge >= 0.3 is 5.97 Å². The van der Waals surface area contributed by atoms with Gasteiger partial charge in [0.25, 0.3) is 0 Å². The highest BCUT2D eigenvalue weighted by Gasteiger charge is 2.35. The van der Waals surface area contributed by atoms with E-state index in [0.29, 0.717) is 18.5 Å². The van der Waals surface area contributed by atoms with Crippen molar-refractivity contribution in [3.63, 3.8) is 0 Å². The lowest BCUT2D eigenvalue weighted by Gasteiger charge is -2.39. The van der Waals surface area contributed by atoms with Crippen LogP contribution in [0.5, 0.6) is 0 Å². The van der Waals surface area contributed by atoms with Crippen LogP contribution in [0.25, 0.3) is 0 Å². The highest BCUT2D eigenvalue weighted by molar-refractivity contribution is 5.66. The molecule has 2 aliphatic rings. The molecule has 1 aliphatic heterocycles.